The smallest absolute Gasteiger partial charge is 0.177 e. The van der Waals surface area contributed by atoms with E-state index in [0.717, 1.165) is 17.8 Å². The Morgan fingerprint density at radius 2 is 1.90 bits per heavy atom. The van der Waals surface area contributed by atoms with Crippen molar-refractivity contribution in [2.45, 2.75) is 40.2 Å². The number of carboxylic acid groups (broad SMARTS) is 1. The van der Waals surface area contributed by atoms with E-state index in [4.69, 9.17) is 5.11 Å². The maximum Gasteiger partial charge on any atom is 0.177 e. The normalized spacial score (nSPS) is 7.75. The number of aryl methyl sites for hydroxylation is 1. The van der Waals surface area contributed by atoms with Crippen molar-refractivity contribution in [2.75, 3.05) is 0 Å². The zero-order valence-corrected chi connectivity index (χ0v) is 16.9. The third-order valence-electron chi connectivity index (χ3n) is 1.98. The molecule has 0 bridgehead atoms. The van der Waals surface area contributed by atoms with Crippen LogP contribution in [-0.2, 0) is 51.0 Å². The van der Waals surface area contributed by atoms with E-state index in [9.17, 15) is 4.79 Å². The monoisotopic (exact) mass is 487 g/mol. The molecule has 0 aliphatic heterocycles. The van der Waals surface area contributed by atoms with E-state index in [-0.39, 0.29) is 47.0 Å². The molecule has 0 spiro atoms. The molecule has 0 amide bonds. The molecule has 2 N–H and O–H groups in total. The fourth-order valence-corrected chi connectivity index (χ4v) is 0.846. The fourth-order valence-electron chi connectivity index (χ4n) is 0.846. The van der Waals surface area contributed by atoms with Crippen molar-refractivity contribution < 1.29 is 49.5 Å². The minimum Gasteiger partial charge on any atom is -0.502 e. The number of aliphatic carboxylic acids is 1. The summed E-state index contributed by atoms with van der Waals surface area (Å²) in [5, 5.41) is 10.9. The predicted molar refractivity (Wildman–Crippen MR) is 74.7 cm³/mol. The van der Waals surface area contributed by atoms with Crippen LogP contribution in [0, 0.1) is 20.9 Å². The number of hydrogen-bond acceptors (Lipinski definition) is 3. The van der Waals surface area contributed by atoms with Gasteiger partial charge in [0.25, 0.3) is 0 Å². The van der Waals surface area contributed by atoms with Crippen molar-refractivity contribution in [1.82, 2.24) is 10.3 Å². The Kier molecular flexibility index (Phi) is 26.2. The summed E-state index contributed by atoms with van der Waals surface area (Å²) in [7, 11) is 0. The molecule has 1 heterocycles. The zero-order chi connectivity index (χ0) is 13.1. The molecule has 1 aromatic rings. The van der Waals surface area contributed by atoms with Gasteiger partial charge in [-0.05, 0) is 18.6 Å². The summed E-state index contributed by atoms with van der Waals surface area (Å²) in [4.78, 5) is 14.2. The van der Waals surface area contributed by atoms with Gasteiger partial charge < -0.3 is 17.8 Å². The molecule has 0 saturated carbocycles. The standard InChI is InChI=1S/C9H11N2O2.C4H10.CH3.V.W/c1-7-2-3-8(11-4-7)5-10-6-9(12)13;1-3-4-2;;;/h2-4,6,10H,5H2,1H3,(H,12,13);3-4H2,1-2H3;1H3;;/q-1;;-1;;. The van der Waals surface area contributed by atoms with E-state index in [0.29, 0.717) is 6.54 Å². The predicted octanol–water partition coefficient (Wildman–Crippen LogP) is 2.98. The average Bonchev–Trinajstić information content (AvgIpc) is 2.32. The summed E-state index contributed by atoms with van der Waals surface area (Å²) in [5.74, 6) is -0.980. The van der Waals surface area contributed by atoms with Crippen LogP contribution >= 0.6 is 0 Å². The van der Waals surface area contributed by atoms with Gasteiger partial charge in [-0.15, -0.1) is 0 Å². The molecule has 4 nitrogen and oxygen atoms in total. The summed E-state index contributed by atoms with van der Waals surface area (Å²) in [6.07, 6.45) is 4.39. The van der Waals surface area contributed by atoms with Crippen molar-refractivity contribution in [3.05, 3.63) is 43.6 Å². The van der Waals surface area contributed by atoms with Crippen molar-refractivity contribution in [3.8, 4) is 0 Å². The molecule has 0 atom stereocenters. The molecule has 20 heavy (non-hydrogen) atoms. The summed E-state index contributed by atoms with van der Waals surface area (Å²) >= 11 is 0. The first-order valence-electron chi connectivity index (χ1n) is 5.81. The molecular formula is C14H24N2O2VW-2. The van der Waals surface area contributed by atoms with Gasteiger partial charge in [-0.3, -0.25) is 9.78 Å². The van der Waals surface area contributed by atoms with Crippen LogP contribution in [0.2, 0.25) is 0 Å². The largest absolute Gasteiger partial charge is 0.502 e. The molecule has 0 unspecified atom stereocenters. The maximum atomic E-state index is 10.1. The molecule has 0 saturated heterocycles. The number of nitrogens with zero attached hydrogens (tertiary/aromatic N) is 1. The number of nitrogens with one attached hydrogen (secondary N) is 1. The van der Waals surface area contributed by atoms with Crippen LogP contribution in [-0.4, -0.2) is 16.1 Å². The molecule has 6 heteroatoms. The Morgan fingerprint density at radius 3 is 2.25 bits per heavy atom. The third-order valence-corrected chi connectivity index (χ3v) is 1.98. The van der Waals surface area contributed by atoms with E-state index < -0.39 is 5.97 Å². The Hall–Kier alpha value is -0.277. The van der Waals surface area contributed by atoms with Gasteiger partial charge in [-0.25, -0.2) is 6.54 Å². The second-order valence-corrected chi connectivity index (χ2v) is 3.69. The molecular weight excluding hydrogens is 463 g/mol. The van der Waals surface area contributed by atoms with E-state index >= 15 is 0 Å². The number of rotatable bonds is 5. The minimum absolute atomic E-state index is 0. The Balaban J connectivity index is -0.000000164. The Morgan fingerprint density at radius 1 is 1.35 bits per heavy atom. The number of unbranched alkanes of at least 4 members (excludes halogenated alkanes) is 1. The van der Waals surface area contributed by atoms with Gasteiger partial charge in [-0.2, -0.15) is 0 Å². The van der Waals surface area contributed by atoms with Gasteiger partial charge in [0, 0.05) is 52.4 Å². The third kappa shape index (κ3) is 17.7. The van der Waals surface area contributed by atoms with Gasteiger partial charge >= 0.3 is 0 Å². The topological polar surface area (TPSA) is 62.2 Å². The number of hydrogen-bond donors (Lipinski definition) is 2. The van der Waals surface area contributed by atoms with Gasteiger partial charge in [-0.1, -0.05) is 32.8 Å². The molecule has 1 aromatic heterocycles. The Labute approximate surface area is 149 Å². The molecule has 0 aromatic carbocycles. The summed E-state index contributed by atoms with van der Waals surface area (Å²) in [6, 6.07) is 3.79. The van der Waals surface area contributed by atoms with Crippen LogP contribution in [0.25, 0.3) is 0 Å². The second kappa shape index (κ2) is 18.7. The molecule has 1 radical (unpaired) electrons. The van der Waals surface area contributed by atoms with E-state index in [1.165, 1.54) is 12.8 Å². The quantitative estimate of drug-likeness (QED) is 0.628. The number of aromatic nitrogens is 1. The van der Waals surface area contributed by atoms with Crippen LogP contribution < -0.4 is 5.32 Å². The average molecular weight is 487 g/mol. The number of pyridine rings is 1. The van der Waals surface area contributed by atoms with Crippen molar-refractivity contribution in [2.24, 2.45) is 0 Å². The van der Waals surface area contributed by atoms with Gasteiger partial charge in [0.2, 0.25) is 0 Å². The van der Waals surface area contributed by atoms with Crippen molar-refractivity contribution in [1.29, 1.82) is 0 Å². The summed E-state index contributed by atoms with van der Waals surface area (Å²) in [6.45, 7) is 7.75. The van der Waals surface area contributed by atoms with E-state index in [1.54, 1.807) is 6.20 Å². The SMILES string of the molecule is CCCC.Cc1ccc(CN[CH-]C(=O)O)nc1.[CH3-].[V].[W]. The van der Waals surface area contributed by atoms with E-state index in [2.05, 4.69) is 24.1 Å². The van der Waals surface area contributed by atoms with Crippen LogP contribution in [0.5, 0.6) is 0 Å². The van der Waals surface area contributed by atoms with Gasteiger partial charge in [0.05, 0.1) is 5.69 Å². The van der Waals surface area contributed by atoms with Crippen molar-refractivity contribution >= 4 is 5.97 Å². The maximum absolute atomic E-state index is 10.1. The first-order chi connectivity index (χ1) is 8.10. The van der Waals surface area contributed by atoms with Crippen LogP contribution in [0.3, 0.4) is 0 Å². The van der Waals surface area contributed by atoms with E-state index in [1.807, 2.05) is 19.1 Å². The van der Waals surface area contributed by atoms with Crippen LogP contribution in [0.1, 0.15) is 37.9 Å². The minimum atomic E-state index is -0.980. The second-order valence-electron chi connectivity index (χ2n) is 3.69. The molecule has 0 aliphatic rings. The van der Waals surface area contributed by atoms with Gasteiger partial charge in [0.15, 0.2) is 5.97 Å². The fraction of sp³-hybridized carbons (Fsp3) is 0.429. The first-order valence-corrected chi connectivity index (χ1v) is 5.81. The first kappa shape index (κ1) is 28.0. The summed E-state index contributed by atoms with van der Waals surface area (Å²) < 4.78 is 0. The zero-order valence-electron chi connectivity index (χ0n) is 12.6. The van der Waals surface area contributed by atoms with Crippen LogP contribution in [0.4, 0.5) is 0 Å². The van der Waals surface area contributed by atoms with Gasteiger partial charge in [0.1, 0.15) is 0 Å². The van der Waals surface area contributed by atoms with Crippen molar-refractivity contribution in [3.63, 3.8) is 0 Å². The molecule has 0 aliphatic carbocycles. The molecule has 115 valence electrons. The molecule has 0 fully saturated rings. The number of carboxylic acids is 1. The Bertz CT molecular complexity index is 319. The summed E-state index contributed by atoms with van der Waals surface area (Å²) in [5.41, 5.74) is 1.91. The van der Waals surface area contributed by atoms with Crippen LogP contribution in [0.15, 0.2) is 18.3 Å². The molecule has 1 rings (SSSR count). The number of carbonyl (C=O) groups is 1.